The molecule has 0 atom stereocenters. The van der Waals surface area contributed by atoms with E-state index in [4.69, 9.17) is 11.6 Å². The van der Waals surface area contributed by atoms with Crippen molar-refractivity contribution < 1.29 is 14.4 Å². The van der Waals surface area contributed by atoms with Crippen molar-refractivity contribution in [1.29, 1.82) is 0 Å². The maximum Gasteiger partial charge on any atom is 0.266 e. The number of benzene rings is 3. The van der Waals surface area contributed by atoms with Gasteiger partial charge in [-0.15, -0.1) is 10.2 Å². The second kappa shape index (κ2) is 9.38. The number of thioether (sulfide) groups is 1. The van der Waals surface area contributed by atoms with Gasteiger partial charge in [0, 0.05) is 16.3 Å². The highest BCUT2D eigenvalue weighted by molar-refractivity contribution is 8.00. The molecule has 4 aromatic rings. The Labute approximate surface area is 207 Å². The molecule has 3 amide bonds. The minimum atomic E-state index is -0.493. The summed E-state index contributed by atoms with van der Waals surface area (Å²) in [5, 5.41) is 11.7. The maximum atomic E-state index is 12.9. The Hall–Kier alpha value is -3.53. The molecule has 3 aromatic carbocycles. The highest BCUT2D eigenvalue weighted by atomic mass is 35.5. The van der Waals surface area contributed by atoms with Gasteiger partial charge in [-0.25, -0.2) is 4.90 Å². The van der Waals surface area contributed by atoms with Crippen LogP contribution in [0.3, 0.4) is 0 Å². The van der Waals surface area contributed by atoms with Gasteiger partial charge in [-0.05, 0) is 48.0 Å². The Bertz CT molecular complexity index is 1410. The van der Waals surface area contributed by atoms with Gasteiger partial charge in [0.05, 0.1) is 16.8 Å². The Morgan fingerprint density at radius 2 is 1.68 bits per heavy atom. The molecule has 7 nitrogen and oxygen atoms in total. The van der Waals surface area contributed by atoms with Gasteiger partial charge in [-0.3, -0.25) is 19.7 Å². The predicted octanol–water partition coefficient (Wildman–Crippen LogP) is 5.54. The Balaban J connectivity index is 1.29. The highest BCUT2D eigenvalue weighted by Gasteiger charge is 2.37. The van der Waals surface area contributed by atoms with Crippen LogP contribution in [-0.2, 0) is 5.75 Å². The van der Waals surface area contributed by atoms with E-state index < -0.39 is 17.7 Å². The van der Waals surface area contributed by atoms with Gasteiger partial charge >= 0.3 is 0 Å². The van der Waals surface area contributed by atoms with Crippen molar-refractivity contribution in [2.45, 2.75) is 10.1 Å². The first-order chi connectivity index (χ1) is 16.5. The van der Waals surface area contributed by atoms with E-state index >= 15 is 0 Å². The van der Waals surface area contributed by atoms with Crippen LogP contribution in [0.2, 0.25) is 5.02 Å². The summed E-state index contributed by atoms with van der Waals surface area (Å²) in [4.78, 5) is 39.6. The SMILES string of the molecule is O=C(Nc1nnc(SCc2ccccc2)s1)c1ccc2c(c1)C(=O)N(c1ccc(Cl)cc1)C2=O. The van der Waals surface area contributed by atoms with Gasteiger partial charge in [0.2, 0.25) is 5.13 Å². The molecule has 0 aliphatic carbocycles. The molecule has 0 spiro atoms. The molecule has 168 valence electrons. The second-order valence-electron chi connectivity index (χ2n) is 7.28. The van der Waals surface area contributed by atoms with Crippen molar-refractivity contribution in [3.63, 3.8) is 0 Å². The fourth-order valence-electron chi connectivity index (χ4n) is 3.41. The van der Waals surface area contributed by atoms with E-state index in [0.717, 1.165) is 15.0 Å². The van der Waals surface area contributed by atoms with Crippen LogP contribution in [0.1, 0.15) is 36.6 Å². The first-order valence-electron chi connectivity index (χ1n) is 10.1. The molecule has 5 rings (SSSR count). The van der Waals surface area contributed by atoms with Gasteiger partial charge in [0.25, 0.3) is 17.7 Å². The highest BCUT2D eigenvalue weighted by Crippen LogP contribution is 2.31. The summed E-state index contributed by atoms with van der Waals surface area (Å²) in [6.45, 7) is 0. The molecule has 0 unspecified atom stereocenters. The molecule has 1 aliphatic heterocycles. The van der Waals surface area contributed by atoms with Crippen LogP contribution in [0, 0.1) is 0 Å². The Morgan fingerprint density at radius 1 is 0.941 bits per heavy atom. The number of nitrogens with one attached hydrogen (secondary N) is 1. The average Bonchev–Trinajstić information content (AvgIpc) is 3.40. The molecule has 10 heteroatoms. The van der Waals surface area contributed by atoms with E-state index in [9.17, 15) is 14.4 Å². The molecule has 2 heterocycles. The minimum absolute atomic E-state index is 0.170. The summed E-state index contributed by atoms with van der Waals surface area (Å²) in [7, 11) is 0. The number of halogens is 1. The van der Waals surface area contributed by atoms with Gasteiger partial charge in [-0.2, -0.15) is 0 Å². The number of amides is 3. The van der Waals surface area contributed by atoms with Crippen molar-refractivity contribution >= 4 is 63.2 Å². The fourth-order valence-corrected chi connectivity index (χ4v) is 5.24. The van der Waals surface area contributed by atoms with Crippen molar-refractivity contribution in [3.8, 4) is 0 Å². The third-order valence-electron chi connectivity index (χ3n) is 5.07. The van der Waals surface area contributed by atoms with E-state index in [2.05, 4.69) is 15.5 Å². The topological polar surface area (TPSA) is 92.3 Å². The standard InChI is InChI=1S/C24H15ClN4O3S2/c25-16-7-9-17(10-8-16)29-21(31)18-11-6-15(12-19(18)22(29)32)20(30)26-23-27-28-24(34-23)33-13-14-4-2-1-3-5-14/h1-12H,13H2,(H,26,27,30). The number of carbonyl (C=O) groups excluding carboxylic acids is 3. The van der Waals surface area contributed by atoms with Crippen molar-refractivity contribution in [1.82, 2.24) is 10.2 Å². The first-order valence-corrected chi connectivity index (χ1v) is 12.3. The summed E-state index contributed by atoms with van der Waals surface area (Å²) in [5.74, 6) is -0.635. The lowest BCUT2D eigenvalue weighted by Gasteiger charge is -2.13. The Morgan fingerprint density at radius 3 is 2.44 bits per heavy atom. The van der Waals surface area contributed by atoms with Crippen LogP contribution in [0.25, 0.3) is 0 Å². The number of carbonyl (C=O) groups is 3. The molecule has 0 bridgehead atoms. The lowest BCUT2D eigenvalue weighted by molar-refractivity contribution is 0.0925. The summed E-state index contributed by atoms with van der Waals surface area (Å²) in [6.07, 6.45) is 0. The molecule has 34 heavy (non-hydrogen) atoms. The van der Waals surface area contributed by atoms with Gasteiger partial charge < -0.3 is 0 Å². The molecule has 0 fully saturated rings. The third kappa shape index (κ3) is 4.45. The zero-order chi connectivity index (χ0) is 23.7. The molecule has 1 aromatic heterocycles. The van der Waals surface area contributed by atoms with Gasteiger partial charge in [-0.1, -0.05) is 65.0 Å². The van der Waals surface area contributed by atoms with E-state index in [-0.39, 0.29) is 16.7 Å². The average molecular weight is 507 g/mol. The zero-order valence-electron chi connectivity index (χ0n) is 17.4. The summed E-state index contributed by atoms with van der Waals surface area (Å²) < 4.78 is 0.729. The number of hydrogen-bond donors (Lipinski definition) is 1. The van der Waals surface area contributed by atoms with Crippen molar-refractivity contribution in [3.05, 3.63) is 100 Å². The number of imide groups is 1. The first kappa shape index (κ1) is 22.3. The summed E-state index contributed by atoms with van der Waals surface area (Å²) in [5.41, 5.74) is 2.23. The maximum absolute atomic E-state index is 12.9. The number of rotatable bonds is 6. The van der Waals surface area contributed by atoms with Crippen LogP contribution >= 0.6 is 34.7 Å². The molecule has 0 saturated carbocycles. The van der Waals surface area contributed by atoms with Crippen molar-refractivity contribution in [2.24, 2.45) is 0 Å². The summed E-state index contributed by atoms with van der Waals surface area (Å²) >= 11 is 8.71. The third-order valence-corrected chi connectivity index (χ3v) is 7.36. The smallest absolute Gasteiger partial charge is 0.266 e. The van der Waals surface area contributed by atoms with Crippen LogP contribution in [0.4, 0.5) is 10.8 Å². The molecular formula is C24H15ClN4O3S2. The number of hydrogen-bond acceptors (Lipinski definition) is 7. The van der Waals surface area contributed by atoms with Gasteiger partial charge in [0.1, 0.15) is 0 Å². The largest absolute Gasteiger partial charge is 0.296 e. The van der Waals surface area contributed by atoms with Crippen LogP contribution in [0.15, 0.2) is 77.1 Å². The Kier molecular flexibility index (Phi) is 6.14. The lowest BCUT2D eigenvalue weighted by atomic mass is 10.1. The minimum Gasteiger partial charge on any atom is -0.296 e. The predicted molar refractivity (Wildman–Crippen MR) is 133 cm³/mol. The molecular weight excluding hydrogens is 492 g/mol. The molecule has 0 saturated heterocycles. The fraction of sp³-hybridized carbons (Fsp3) is 0.0417. The van der Waals surface area contributed by atoms with E-state index in [1.807, 2.05) is 30.3 Å². The van der Waals surface area contributed by atoms with E-state index in [0.29, 0.717) is 15.8 Å². The second-order valence-corrected chi connectivity index (χ2v) is 9.92. The van der Waals surface area contributed by atoms with E-state index in [1.54, 1.807) is 24.3 Å². The summed E-state index contributed by atoms with van der Waals surface area (Å²) in [6, 6.07) is 20.8. The van der Waals surface area contributed by atoms with Crippen LogP contribution in [-0.4, -0.2) is 27.9 Å². The number of aromatic nitrogens is 2. The van der Waals surface area contributed by atoms with Crippen LogP contribution < -0.4 is 10.2 Å². The number of fused-ring (bicyclic) bond motifs is 1. The number of anilines is 2. The quantitative estimate of drug-likeness (QED) is 0.210. The van der Waals surface area contributed by atoms with Crippen molar-refractivity contribution in [2.75, 3.05) is 10.2 Å². The van der Waals surface area contributed by atoms with E-state index in [1.165, 1.54) is 46.9 Å². The van der Waals surface area contributed by atoms with Gasteiger partial charge in [0.15, 0.2) is 4.34 Å². The molecule has 1 aliphatic rings. The number of nitrogens with zero attached hydrogens (tertiary/aromatic N) is 3. The molecule has 0 radical (unpaired) electrons. The lowest BCUT2D eigenvalue weighted by Crippen LogP contribution is -2.29. The monoisotopic (exact) mass is 506 g/mol. The zero-order valence-corrected chi connectivity index (χ0v) is 19.8. The normalized spacial score (nSPS) is 12.7. The molecule has 1 N–H and O–H groups in total. The van der Waals surface area contributed by atoms with Crippen LogP contribution in [0.5, 0.6) is 0 Å².